The predicted molar refractivity (Wildman–Crippen MR) is 99.0 cm³/mol. The molecule has 0 bridgehead atoms. The van der Waals surface area contributed by atoms with Gasteiger partial charge >= 0.3 is 0 Å². The fourth-order valence-electron chi connectivity index (χ4n) is 4.06. The van der Waals surface area contributed by atoms with Gasteiger partial charge in [-0.2, -0.15) is 0 Å². The van der Waals surface area contributed by atoms with Crippen molar-refractivity contribution in [3.63, 3.8) is 0 Å². The number of rotatable bonds is 6. The van der Waals surface area contributed by atoms with E-state index in [0.717, 1.165) is 19.6 Å². The van der Waals surface area contributed by atoms with E-state index >= 15 is 0 Å². The number of likely N-dealkylation sites (tertiary alicyclic amines) is 2. The molecule has 2 aliphatic heterocycles. The Morgan fingerprint density at radius 3 is 1.79 bits per heavy atom. The molecule has 3 nitrogen and oxygen atoms in total. The zero-order valence-corrected chi connectivity index (χ0v) is 14.7. The van der Waals surface area contributed by atoms with E-state index in [1.807, 2.05) is 0 Å². The first-order chi connectivity index (χ1) is 11.9. The van der Waals surface area contributed by atoms with Crippen molar-refractivity contribution in [1.29, 1.82) is 0 Å². The molecule has 0 saturated carbocycles. The number of hydrogen-bond acceptors (Lipinski definition) is 2. The average molecular weight is 323 g/mol. The van der Waals surface area contributed by atoms with Crippen molar-refractivity contribution in [2.45, 2.75) is 45.3 Å². The Bertz CT molecular complexity index is 631. The molecule has 128 valence electrons. The molecule has 2 fully saturated rings. The topological polar surface area (TPSA) is 11.4 Å². The first-order valence-corrected chi connectivity index (χ1v) is 9.53. The van der Waals surface area contributed by atoms with Crippen LogP contribution in [0.15, 0.2) is 42.6 Å². The molecule has 4 rings (SSSR count). The first kappa shape index (κ1) is 15.9. The minimum absolute atomic E-state index is 0.986. The molecule has 0 amide bonds. The maximum absolute atomic E-state index is 2.57. The molecular weight excluding hydrogens is 294 g/mol. The van der Waals surface area contributed by atoms with Crippen molar-refractivity contribution in [1.82, 2.24) is 14.4 Å². The molecule has 0 spiro atoms. The molecule has 0 unspecified atom stereocenters. The van der Waals surface area contributed by atoms with Gasteiger partial charge in [-0.1, -0.05) is 24.3 Å². The van der Waals surface area contributed by atoms with Crippen LogP contribution < -0.4 is 0 Å². The van der Waals surface area contributed by atoms with Gasteiger partial charge in [0.1, 0.15) is 0 Å². The molecule has 2 aliphatic rings. The van der Waals surface area contributed by atoms with Gasteiger partial charge in [0.25, 0.3) is 0 Å². The summed E-state index contributed by atoms with van der Waals surface area (Å²) < 4.78 is 2.41. The monoisotopic (exact) mass is 323 g/mol. The Hall–Kier alpha value is -1.58. The molecule has 1 aromatic heterocycles. The Labute approximate surface area is 145 Å². The molecule has 0 atom stereocenters. The second-order valence-corrected chi connectivity index (χ2v) is 7.41. The van der Waals surface area contributed by atoms with E-state index in [2.05, 4.69) is 57.0 Å². The number of benzene rings is 1. The fraction of sp³-hybridized carbons (Fsp3) is 0.524. The van der Waals surface area contributed by atoms with Gasteiger partial charge in [0.05, 0.1) is 0 Å². The lowest BCUT2D eigenvalue weighted by molar-refractivity contribution is 0.322. The minimum atomic E-state index is 0.986. The summed E-state index contributed by atoms with van der Waals surface area (Å²) in [5, 5.41) is 0. The van der Waals surface area contributed by atoms with Crippen LogP contribution in [0.1, 0.15) is 42.5 Å². The van der Waals surface area contributed by atoms with Crippen LogP contribution in [-0.2, 0) is 19.6 Å². The second kappa shape index (κ2) is 7.54. The summed E-state index contributed by atoms with van der Waals surface area (Å²) in [5.74, 6) is 0. The van der Waals surface area contributed by atoms with E-state index in [1.165, 1.54) is 68.7 Å². The third kappa shape index (κ3) is 3.90. The SMILES string of the molecule is c1cc(CN2CCCC2)n(Cc2ccc(CN3CCCC3)cc2)c1. The van der Waals surface area contributed by atoms with Crippen LogP contribution in [0.2, 0.25) is 0 Å². The molecule has 0 aliphatic carbocycles. The number of nitrogens with zero attached hydrogens (tertiary/aromatic N) is 3. The summed E-state index contributed by atoms with van der Waals surface area (Å²) in [5.41, 5.74) is 4.29. The third-order valence-electron chi connectivity index (χ3n) is 5.49. The van der Waals surface area contributed by atoms with Gasteiger partial charge in [-0.15, -0.1) is 0 Å². The molecule has 24 heavy (non-hydrogen) atoms. The summed E-state index contributed by atoms with van der Waals surface area (Å²) in [6, 6.07) is 13.7. The first-order valence-electron chi connectivity index (χ1n) is 9.53. The summed E-state index contributed by atoms with van der Waals surface area (Å²) in [6.07, 6.45) is 7.68. The maximum atomic E-state index is 2.57. The second-order valence-electron chi connectivity index (χ2n) is 7.41. The van der Waals surface area contributed by atoms with Crippen LogP contribution in [0, 0.1) is 0 Å². The fourth-order valence-corrected chi connectivity index (χ4v) is 4.06. The normalized spacial score (nSPS) is 19.3. The highest BCUT2D eigenvalue weighted by Gasteiger charge is 2.14. The molecule has 0 radical (unpaired) electrons. The summed E-state index contributed by atoms with van der Waals surface area (Å²) in [6.45, 7) is 8.26. The van der Waals surface area contributed by atoms with E-state index in [9.17, 15) is 0 Å². The summed E-state index contributed by atoms with van der Waals surface area (Å²) in [4.78, 5) is 5.14. The van der Waals surface area contributed by atoms with E-state index in [-0.39, 0.29) is 0 Å². The quantitative estimate of drug-likeness (QED) is 0.802. The van der Waals surface area contributed by atoms with Crippen molar-refractivity contribution < 1.29 is 0 Å². The van der Waals surface area contributed by atoms with E-state index in [0.29, 0.717) is 0 Å². The van der Waals surface area contributed by atoms with Crippen LogP contribution in [-0.4, -0.2) is 40.5 Å². The Morgan fingerprint density at radius 2 is 1.17 bits per heavy atom. The van der Waals surface area contributed by atoms with Gasteiger partial charge in [-0.05, 0) is 75.1 Å². The summed E-state index contributed by atoms with van der Waals surface area (Å²) >= 11 is 0. The van der Waals surface area contributed by atoms with Crippen LogP contribution in [0.3, 0.4) is 0 Å². The van der Waals surface area contributed by atoms with Gasteiger partial charge in [0.2, 0.25) is 0 Å². The van der Waals surface area contributed by atoms with Crippen molar-refractivity contribution in [2.75, 3.05) is 26.2 Å². The van der Waals surface area contributed by atoms with E-state index in [1.54, 1.807) is 0 Å². The van der Waals surface area contributed by atoms with E-state index in [4.69, 9.17) is 0 Å². The standard InChI is InChI=1S/C21H29N3/c1-2-12-22(11-1)16-19-7-9-20(10-8-19)17-24-15-5-6-21(24)18-23-13-3-4-14-23/h5-10,15H,1-4,11-14,16-18H2. The van der Waals surface area contributed by atoms with Crippen LogP contribution in [0.25, 0.3) is 0 Å². The zero-order valence-electron chi connectivity index (χ0n) is 14.7. The van der Waals surface area contributed by atoms with Crippen molar-refractivity contribution in [3.8, 4) is 0 Å². The lowest BCUT2D eigenvalue weighted by atomic mass is 10.1. The number of aromatic nitrogens is 1. The largest absolute Gasteiger partial charge is 0.346 e. The molecule has 1 aromatic carbocycles. The lowest BCUT2D eigenvalue weighted by Gasteiger charge is -2.17. The van der Waals surface area contributed by atoms with Gasteiger partial charge in [0, 0.05) is 31.5 Å². The zero-order chi connectivity index (χ0) is 16.2. The smallest absolute Gasteiger partial charge is 0.0473 e. The number of hydrogen-bond donors (Lipinski definition) is 0. The Balaban J connectivity index is 1.37. The molecule has 2 aromatic rings. The lowest BCUT2D eigenvalue weighted by Crippen LogP contribution is -2.20. The molecule has 2 saturated heterocycles. The van der Waals surface area contributed by atoms with Gasteiger partial charge in [-0.3, -0.25) is 9.80 Å². The molecule has 3 heterocycles. The van der Waals surface area contributed by atoms with E-state index < -0.39 is 0 Å². The van der Waals surface area contributed by atoms with Crippen LogP contribution in [0.4, 0.5) is 0 Å². The van der Waals surface area contributed by atoms with Gasteiger partial charge < -0.3 is 4.57 Å². The Morgan fingerprint density at radius 1 is 0.625 bits per heavy atom. The van der Waals surface area contributed by atoms with Crippen molar-refractivity contribution >= 4 is 0 Å². The maximum Gasteiger partial charge on any atom is 0.0473 e. The van der Waals surface area contributed by atoms with Crippen molar-refractivity contribution in [2.24, 2.45) is 0 Å². The highest BCUT2D eigenvalue weighted by atomic mass is 15.2. The van der Waals surface area contributed by atoms with Crippen molar-refractivity contribution in [3.05, 3.63) is 59.4 Å². The summed E-state index contributed by atoms with van der Waals surface area (Å²) in [7, 11) is 0. The van der Waals surface area contributed by atoms with Gasteiger partial charge in [0.15, 0.2) is 0 Å². The minimum Gasteiger partial charge on any atom is -0.346 e. The molecular formula is C21H29N3. The predicted octanol–water partition coefficient (Wildman–Crippen LogP) is 3.73. The van der Waals surface area contributed by atoms with Crippen LogP contribution in [0.5, 0.6) is 0 Å². The highest BCUT2D eigenvalue weighted by molar-refractivity contribution is 5.24. The van der Waals surface area contributed by atoms with Crippen LogP contribution >= 0.6 is 0 Å². The highest BCUT2D eigenvalue weighted by Crippen LogP contribution is 2.16. The van der Waals surface area contributed by atoms with Gasteiger partial charge in [-0.25, -0.2) is 0 Å². The average Bonchev–Trinajstić information content (AvgIpc) is 3.34. The molecule has 0 N–H and O–H groups in total. The Kier molecular flexibility index (Phi) is 5.00. The third-order valence-corrected chi connectivity index (χ3v) is 5.49. The molecule has 3 heteroatoms.